The van der Waals surface area contributed by atoms with Gasteiger partial charge < -0.3 is 14.5 Å². The number of para-hydroxylation sites is 2. The van der Waals surface area contributed by atoms with Gasteiger partial charge in [-0.2, -0.15) is 0 Å². The first-order valence-corrected chi connectivity index (χ1v) is 8.98. The molecule has 0 amide bonds. The second-order valence-corrected chi connectivity index (χ2v) is 6.66. The predicted octanol–water partition coefficient (Wildman–Crippen LogP) is 3.84. The number of esters is 1. The van der Waals surface area contributed by atoms with E-state index in [1.807, 2.05) is 55.5 Å². The summed E-state index contributed by atoms with van der Waals surface area (Å²) < 4.78 is 10.4. The number of rotatable bonds is 7. The van der Waals surface area contributed by atoms with Crippen molar-refractivity contribution in [2.24, 2.45) is 0 Å². The van der Waals surface area contributed by atoms with Gasteiger partial charge in [0.1, 0.15) is 11.0 Å². The molecule has 0 bridgehead atoms. The van der Waals surface area contributed by atoms with Crippen LogP contribution in [0.1, 0.15) is 12.5 Å². The van der Waals surface area contributed by atoms with E-state index in [-0.39, 0.29) is 11.2 Å². The summed E-state index contributed by atoms with van der Waals surface area (Å²) in [5.74, 6) is 0.560. The first kappa shape index (κ1) is 17.4. The van der Waals surface area contributed by atoms with E-state index in [4.69, 9.17) is 9.47 Å². The van der Waals surface area contributed by atoms with Crippen LogP contribution in [0.4, 0.5) is 0 Å². The summed E-state index contributed by atoms with van der Waals surface area (Å²) in [6.07, 6.45) is 0.560. The van der Waals surface area contributed by atoms with Crippen LogP contribution in [0.2, 0.25) is 0 Å². The summed E-state index contributed by atoms with van der Waals surface area (Å²) in [6, 6.07) is 15.5. The molecule has 0 fully saturated rings. The van der Waals surface area contributed by atoms with E-state index in [2.05, 4.69) is 9.97 Å². The van der Waals surface area contributed by atoms with E-state index in [0.717, 1.165) is 22.3 Å². The maximum atomic E-state index is 12.4. The van der Waals surface area contributed by atoms with Crippen molar-refractivity contribution in [1.82, 2.24) is 9.97 Å². The van der Waals surface area contributed by atoms with Gasteiger partial charge in [-0.05, 0) is 43.2 Å². The number of thioether (sulfide) groups is 1. The lowest BCUT2D eigenvalue weighted by molar-refractivity contribution is -0.142. The second-order valence-electron chi connectivity index (χ2n) is 5.47. The van der Waals surface area contributed by atoms with Gasteiger partial charge >= 0.3 is 5.97 Å². The molecule has 0 aliphatic carbocycles. The van der Waals surface area contributed by atoms with Crippen LogP contribution in [0.25, 0.3) is 11.0 Å². The molecule has 1 heterocycles. The summed E-state index contributed by atoms with van der Waals surface area (Å²) in [5, 5.41) is 0.349. The van der Waals surface area contributed by atoms with Crippen LogP contribution in [0.15, 0.2) is 53.7 Å². The Labute approximate surface area is 150 Å². The molecule has 0 saturated carbocycles. The fourth-order valence-corrected chi connectivity index (χ4v) is 3.53. The van der Waals surface area contributed by atoms with Crippen LogP contribution in [0.5, 0.6) is 5.75 Å². The minimum atomic E-state index is -0.367. The highest BCUT2D eigenvalue weighted by Gasteiger charge is 2.23. The lowest BCUT2D eigenvalue weighted by Crippen LogP contribution is -2.23. The molecular weight excluding hydrogens is 336 g/mol. The fourth-order valence-electron chi connectivity index (χ4n) is 2.50. The zero-order valence-electron chi connectivity index (χ0n) is 14.2. The van der Waals surface area contributed by atoms with Crippen molar-refractivity contribution in [2.75, 3.05) is 13.7 Å². The quantitative estimate of drug-likeness (QED) is 0.515. The minimum absolute atomic E-state index is 0.233. The molecule has 3 aromatic rings. The Balaban J connectivity index is 1.79. The van der Waals surface area contributed by atoms with Gasteiger partial charge in [-0.3, -0.25) is 4.79 Å². The molecule has 130 valence electrons. The van der Waals surface area contributed by atoms with Crippen molar-refractivity contribution in [2.45, 2.75) is 23.8 Å². The average Bonchev–Trinajstić information content (AvgIpc) is 3.04. The molecule has 0 spiro atoms. The van der Waals surface area contributed by atoms with E-state index < -0.39 is 0 Å². The highest BCUT2D eigenvalue weighted by atomic mass is 32.2. The third kappa shape index (κ3) is 4.33. The van der Waals surface area contributed by atoms with Gasteiger partial charge in [-0.1, -0.05) is 36.0 Å². The second kappa shape index (κ2) is 8.07. The number of H-pyrrole nitrogens is 1. The molecule has 0 aliphatic rings. The number of nitrogens with one attached hydrogen (secondary N) is 1. The van der Waals surface area contributed by atoms with E-state index in [1.54, 1.807) is 7.11 Å². The summed E-state index contributed by atoms with van der Waals surface area (Å²) >= 11 is 1.39. The van der Waals surface area contributed by atoms with Crippen LogP contribution in [-0.4, -0.2) is 34.9 Å². The molecule has 0 unspecified atom stereocenters. The van der Waals surface area contributed by atoms with E-state index in [0.29, 0.717) is 18.2 Å². The molecule has 1 aromatic heterocycles. The third-order valence-corrected chi connectivity index (χ3v) is 4.81. The van der Waals surface area contributed by atoms with Crippen molar-refractivity contribution in [3.8, 4) is 5.75 Å². The number of imidazole rings is 1. The van der Waals surface area contributed by atoms with Crippen molar-refractivity contribution in [3.63, 3.8) is 0 Å². The molecule has 2 aromatic carbocycles. The molecule has 1 N–H and O–H groups in total. The molecule has 6 heteroatoms. The van der Waals surface area contributed by atoms with Crippen molar-refractivity contribution in [1.29, 1.82) is 0 Å². The minimum Gasteiger partial charge on any atom is -0.497 e. The summed E-state index contributed by atoms with van der Waals surface area (Å²) in [6.45, 7) is 2.17. The number of nitrogens with zero attached hydrogens (tertiary/aromatic N) is 1. The highest BCUT2D eigenvalue weighted by Crippen LogP contribution is 2.27. The zero-order chi connectivity index (χ0) is 17.6. The van der Waals surface area contributed by atoms with Crippen LogP contribution in [0, 0.1) is 0 Å². The van der Waals surface area contributed by atoms with E-state index >= 15 is 0 Å². The van der Waals surface area contributed by atoms with Crippen LogP contribution in [0.3, 0.4) is 0 Å². The van der Waals surface area contributed by atoms with Gasteiger partial charge in [-0.15, -0.1) is 0 Å². The Kier molecular flexibility index (Phi) is 5.60. The Morgan fingerprint density at radius 3 is 2.64 bits per heavy atom. The van der Waals surface area contributed by atoms with Gasteiger partial charge in [0.25, 0.3) is 0 Å². The van der Waals surface area contributed by atoms with Crippen LogP contribution >= 0.6 is 11.8 Å². The zero-order valence-corrected chi connectivity index (χ0v) is 15.0. The topological polar surface area (TPSA) is 64.2 Å². The number of aromatic amines is 1. The summed E-state index contributed by atoms with van der Waals surface area (Å²) in [7, 11) is 1.63. The van der Waals surface area contributed by atoms with Crippen molar-refractivity contribution < 1.29 is 14.3 Å². The van der Waals surface area contributed by atoms with Crippen molar-refractivity contribution >= 4 is 28.8 Å². The van der Waals surface area contributed by atoms with Gasteiger partial charge in [0.05, 0.1) is 24.8 Å². The average molecular weight is 356 g/mol. The number of hydrogen-bond acceptors (Lipinski definition) is 5. The third-order valence-electron chi connectivity index (χ3n) is 3.75. The molecule has 25 heavy (non-hydrogen) atoms. The van der Waals surface area contributed by atoms with Crippen LogP contribution < -0.4 is 4.74 Å². The van der Waals surface area contributed by atoms with Crippen LogP contribution in [-0.2, 0) is 16.0 Å². The lowest BCUT2D eigenvalue weighted by Gasteiger charge is -2.14. The number of aromatic nitrogens is 2. The van der Waals surface area contributed by atoms with Gasteiger partial charge in [0, 0.05) is 0 Å². The first-order chi connectivity index (χ1) is 12.2. The Morgan fingerprint density at radius 2 is 1.96 bits per heavy atom. The SMILES string of the molecule is CCOC(=O)[C@H](Cc1ccc(OC)cc1)Sc1nc2ccccc2[nH]1. The van der Waals surface area contributed by atoms with E-state index in [1.165, 1.54) is 11.8 Å². The molecule has 5 nitrogen and oxygen atoms in total. The Hall–Kier alpha value is -2.47. The monoisotopic (exact) mass is 356 g/mol. The predicted molar refractivity (Wildman–Crippen MR) is 99.1 cm³/mol. The fraction of sp³-hybridized carbons (Fsp3) is 0.263. The number of benzene rings is 2. The molecule has 3 rings (SSSR count). The molecule has 0 saturated heterocycles. The Bertz CT molecular complexity index is 812. The van der Waals surface area contributed by atoms with Gasteiger partial charge in [0.15, 0.2) is 5.16 Å². The lowest BCUT2D eigenvalue weighted by atomic mass is 10.1. The summed E-state index contributed by atoms with van der Waals surface area (Å²) in [5.41, 5.74) is 2.89. The molecular formula is C19H20N2O3S. The largest absolute Gasteiger partial charge is 0.497 e. The maximum absolute atomic E-state index is 12.4. The number of carbonyl (C=O) groups is 1. The highest BCUT2D eigenvalue weighted by molar-refractivity contribution is 8.00. The maximum Gasteiger partial charge on any atom is 0.319 e. The molecule has 0 radical (unpaired) electrons. The first-order valence-electron chi connectivity index (χ1n) is 8.10. The summed E-state index contributed by atoms with van der Waals surface area (Å²) in [4.78, 5) is 20.2. The molecule has 0 aliphatic heterocycles. The van der Waals surface area contributed by atoms with Crippen molar-refractivity contribution in [3.05, 3.63) is 54.1 Å². The number of methoxy groups -OCH3 is 1. The van der Waals surface area contributed by atoms with Gasteiger partial charge in [-0.25, -0.2) is 4.98 Å². The molecule has 1 atom stereocenters. The van der Waals surface area contributed by atoms with Gasteiger partial charge in [0.2, 0.25) is 0 Å². The number of hydrogen-bond donors (Lipinski definition) is 1. The number of ether oxygens (including phenoxy) is 2. The van der Waals surface area contributed by atoms with E-state index in [9.17, 15) is 4.79 Å². The number of fused-ring (bicyclic) bond motifs is 1. The number of carbonyl (C=O) groups excluding carboxylic acids is 1. The smallest absolute Gasteiger partial charge is 0.319 e. The Morgan fingerprint density at radius 1 is 1.20 bits per heavy atom. The normalized spacial score (nSPS) is 12.1. The standard InChI is InChI=1S/C19H20N2O3S/c1-3-24-18(22)17(12-13-8-10-14(23-2)11-9-13)25-19-20-15-6-4-5-7-16(15)21-19/h4-11,17H,3,12H2,1-2H3,(H,20,21)/t17-/m0/s1.